The van der Waals surface area contributed by atoms with E-state index >= 15 is 0 Å². The van der Waals surface area contributed by atoms with Gasteiger partial charge < -0.3 is 30.6 Å². The molecule has 11 heteroatoms. The zero-order valence-electron chi connectivity index (χ0n) is 13.0. The molecule has 0 aliphatic rings. The number of hydrogen-bond acceptors (Lipinski definition) is 9. The molecule has 0 rings (SSSR count). The molecular formula is C12H24Au2O6S3. The molecule has 148 valence electrons. The van der Waals surface area contributed by atoms with Crippen LogP contribution >= 0.6 is 37.9 Å². The number of hydrogen-bond donors (Lipinski definition) is 3. The van der Waals surface area contributed by atoms with Crippen LogP contribution in [0.15, 0.2) is 0 Å². The van der Waals surface area contributed by atoms with Crippen molar-refractivity contribution >= 4 is 37.9 Å². The summed E-state index contributed by atoms with van der Waals surface area (Å²) in [4.78, 5) is 0. The summed E-state index contributed by atoms with van der Waals surface area (Å²) < 4.78 is 0. The fourth-order valence-corrected chi connectivity index (χ4v) is 0.577. The Balaban J connectivity index is -0.0000000675. The quantitative estimate of drug-likeness (QED) is 0.145. The van der Waals surface area contributed by atoms with E-state index in [4.69, 9.17) is 0 Å². The van der Waals surface area contributed by atoms with E-state index in [1.807, 2.05) is 0 Å². The molecule has 0 bridgehead atoms. The maximum atomic E-state index is 9.83. The molecule has 6 nitrogen and oxygen atoms in total. The Kier molecular flexibility index (Phi) is 38.3. The van der Waals surface area contributed by atoms with E-state index in [1.54, 1.807) is 20.8 Å². The Morgan fingerprint density at radius 2 is 0.652 bits per heavy atom. The monoisotopic (exact) mass is 754 g/mol. The average Bonchev–Trinajstić information content (AvgIpc) is 2.45. The maximum Gasteiger partial charge on any atom is 3.00 e. The van der Waals surface area contributed by atoms with Gasteiger partial charge in [0.15, 0.2) is 0 Å². The van der Waals surface area contributed by atoms with Crippen LogP contribution in [0.3, 0.4) is 0 Å². The van der Waals surface area contributed by atoms with Crippen LogP contribution in [0.5, 0.6) is 0 Å². The molecule has 0 aromatic carbocycles. The minimum Gasteiger partial charge on any atom is -0.865 e. The third kappa shape index (κ3) is 29.3. The first-order valence-electron chi connectivity index (χ1n) is 6.53. The Morgan fingerprint density at radius 3 is 0.652 bits per heavy atom. The van der Waals surface area contributed by atoms with Crippen molar-refractivity contribution in [1.29, 1.82) is 0 Å². The van der Waals surface area contributed by atoms with Gasteiger partial charge in [0.05, 0.1) is 0 Å². The van der Waals surface area contributed by atoms with Gasteiger partial charge in [-0.1, -0.05) is 20.8 Å². The first kappa shape index (κ1) is 36.2. The fraction of sp³-hybridized carbons (Fsp3) is 1.00. The third-order valence-corrected chi connectivity index (χ3v) is 4.02. The summed E-state index contributed by atoms with van der Waals surface area (Å²) in [6.45, 7) is 5.29. The van der Waals surface area contributed by atoms with E-state index in [1.165, 1.54) is 0 Å². The van der Waals surface area contributed by atoms with Crippen molar-refractivity contribution in [3.05, 3.63) is 0 Å². The molecule has 0 saturated carbocycles. The van der Waals surface area contributed by atoms with Crippen molar-refractivity contribution in [2.45, 2.75) is 74.7 Å². The van der Waals surface area contributed by atoms with E-state index in [2.05, 4.69) is 37.9 Å². The largest absolute Gasteiger partial charge is 3.00 e. The zero-order valence-corrected chi connectivity index (χ0v) is 20.0. The SMILES string of the molecule is CCC(S)C([O-])[O-].CCC(S)C([O-])[O-].CCC(S)C([O-])[O-].[Au+3].[Au+3]. The van der Waals surface area contributed by atoms with Crippen LogP contribution in [0, 0.1) is 0 Å². The normalized spacial score (nSPS) is 13.7. The summed E-state index contributed by atoms with van der Waals surface area (Å²) in [5, 5.41) is 57.4. The summed E-state index contributed by atoms with van der Waals surface area (Å²) in [6, 6.07) is 0. The van der Waals surface area contributed by atoms with Gasteiger partial charge in [0.25, 0.3) is 0 Å². The molecule has 0 fully saturated rings. The average molecular weight is 754 g/mol. The molecule has 0 N–H and O–H groups in total. The van der Waals surface area contributed by atoms with Crippen molar-refractivity contribution in [1.82, 2.24) is 0 Å². The zero-order chi connectivity index (χ0) is 17.6. The van der Waals surface area contributed by atoms with Gasteiger partial charge in [0.1, 0.15) is 0 Å². The van der Waals surface area contributed by atoms with Gasteiger partial charge in [-0.15, -0.1) is 0 Å². The van der Waals surface area contributed by atoms with Crippen LogP contribution in [0.2, 0.25) is 0 Å². The predicted molar refractivity (Wildman–Crippen MR) is 80.6 cm³/mol. The van der Waals surface area contributed by atoms with Gasteiger partial charge in [-0.3, -0.25) is 0 Å². The standard InChI is InChI=1S/3C4H8O2S.2Au/c3*1-2-3(7)4(5)6;;/h3*3-4,7H,2H2,1H3;;/q3*-2;2*+3. The topological polar surface area (TPSA) is 138 Å². The Bertz CT molecular complexity index is 184. The van der Waals surface area contributed by atoms with E-state index in [9.17, 15) is 30.6 Å². The van der Waals surface area contributed by atoms with Crippen LogP contribution in [0.1, 0.15) is 40.0 Å². The molecule has 3 atom stereocenters. The molecule has 0 aliphatic heterocycles. The smallest absolute Gasteiger partial charge is 0.865 e. The number of rotatable bonds is 6. The molecule has 0 aromatic heterocycles. The van der Waals surface area contributed by atoms with E-state index < -0.39 is 34.6 Å². The summed E-state index contributed by atoms with van der Waals surface area (Å²) in [7, 11) is 0. The summed E-state index contributed by atoms with van der Waals surface area (Å²) in [5.74, 6) is 0. The Hall–Kier alpha value is 2.29. The van der Waals surface area contributed by atoms with Crippen LogP contribution in [0.25, 0.3) is 0 Å². The molecular weight excluding hydrogens is 730 g/mol. The predicted octanol–water partition coefficient (Wildman–Crippen LogP) is -3.78. The third-order valence-electron chi connectivity index (χ3n) is 2.20. The molecule has 3 unspecified atom stereocenters. The van der Waals surface area contributed by atoms with Gasteiger partial charge >= 0.3 is 44.8 Å². The maximum absolute atomic E-state index is 9.83. The van der Waals surface area contributed by atoms with Crippen LogP contribution in [0.4, 0.5) is 0 Å². The minimum atomic E-state index is -1.77. The van der Waals surface area contributed by atoms with Gasteiger partial charge in [0.2, 0.25) is 0 Å². The first-order chi connectivity index (χ1) is 9.54. The summed E-state index contributed by atoms with van der Waals surface area (Å²) in [5.41, 5.74) is 0. The molecule has 0 spiro atoms. The first-order valence-corrected chi connectivity index (χ1v) is 8.08. The van der Waals surface area contributed by atoms with Gasteiger partial charge in [-0.2, -0.15) is 37.9 Å². The van der Waals surface area contributed by atoms with Gasteiger partial charge in [-0.05, 0) is 35.0 Å². The Morgan fingerprint density at radius 1 is 0.522 bits per heavy atom. The van der Waals surface area contributed by atoms with Crippen LogP contribution in [-0.4, -0.2) is 34.6 Å². The summed E-state index contributed by atoms with van der Waals surface area (Å²) >= 11 is 11.1. The van der Waals surface area contributed by atoms with Crippen molar-refractivity contribution in [3.8, 4) is 0 Å². The summed E-state index contributed by atoms with van der Waals surface area (Å²) in [6.07, 6.45) is -3.64. The number of thiol groups is 3. The van der Waals surface area contributed by atoms with E-state index in [0.717, 1.165) is 0 Å². The van der Waals surface area contributed by atoms with Crippen molar-refractivity contribution in [3.63, 3.8) is 0 Å². The molecule has 0 aromatic rings. The van der Waals surface area contributed by atoms with Gasteiger partial charge in [0, 0.05) is 0 Å². The van der Waals surface area contributed by atoms with Gasteiger partial charge in [-0.25, -0.2) is 18.9 Å². The Labute approximate surface area is 186 Å². The minimum absolute atomic E-state index is 0. The molecule has 0 saturated heterocycles. The van der Waals surface area contributed by atoms with Crippen LogP contribution < -0.4 is 30.6 Å². The van der Waals surface area contributed by atoms with Crippen LogP contribution in [-0.2, 0) is 44.8 Å². The second-order valence-electron chi connectivity index (χ2n) is 4.03. The molecule has 0 amide bonds. The molecule has 0 radical (unpaired) electrons. The van der Waals surface area contributed by atoms with E-state index in [0.29, 0.717) is 19.3 Å². The second-order valence-corrected chi connectivity index (χ2v) is 6.02. The van der Waals surface area contributed by atoms with Crippen molar-refractivity contribution in [2.75, 3.05) is 0 Å². The molecule has 23 heavy (non-hydrogen) atoms. The van der Waals surface area contributed by atoms with Crippen molar-refractivity contribution < 1.29 is 75.4 Å². The van der Waals surface area contributed by atoms with E-state index in [-0.39, 0.29) is 44.8 Å². The molecule has 0 heterocycles. The van der Waals surface area contributed by atoms with Crippen molar-refractivity contribution in [2.24, 2.45) is 0 Å². The second kappa shape index (κ2) is 24.3. The fourth-order valence-electron chi connectivity index (χ4n) is 0.577. The molecule has 0 aliphatic carbocycles.